The Kier molecular flexibility index (Phi) is 11.1. The van der Waals surface area contributed by atoms with E-state index in [9.17, 15) is 0 Å². The molecule has 3 heterocycles. The summed E-state index contributed by atoms with van der Waals surface area (Å²) >= 11 is 0. The highest BCUT2D eigenvalue weighted by atomic mass is 16.3. The first-order chi connectivity index (χ1) is 38.7. The van der Waals surface area contributed by atoms with E-state index in [0.29, 0.717) is 0 Å². The first kappa shape index (κ1) is 52.3. The van der Waals surface area contributed by atoms with E-state index in [4.69, 9.17) is 4.42 Å². The number of hydrogen-bond donors (Lipinski definition) is 0. The Labute approximate surface area is 487 Å². The summed E-state index contributed by atoms with van der Waals surface area (Å²) in [6.45, 7) is 37.9. The Bertz CT molecular complexity index is 4250. The molecular formula is C77H78BN3O. The van der Waals surface area contributed by atoms with Crippen LogP contribution in [0.3, 0.4) is 0 Å². The Morgan fingerprint density at radius 1 is 0.427 bits per heavy atom. The minimum absolute atomic E-state index is 0.00343. The van der Waals surface area contributed by atoms with Gasteiger partial charge in [0.05, 0.1) is 5.69 Å². The van der Waals surface area contributed by atoms with Crippen LogP contribution in [0.5, 0.6) is 0 Å². The van der Waals surface area contributed by atoms with Gasteiger partial charge in [0.1, 0.15) is 5.58 Å². The summed E-state index contributed by atoms with van der Waals surface area (Å²) in [7, 11) is 0. The van der Waals surface area contributed by atoms with Crippen LogP contribution in [0.1, 0.15) is 159 Å². The molecule has 82 heavy (non-hydrogen) atoms. The summed E-state index contributed by atoms with van der Waals surface area (Å²) < 4.78 is 7.05. The summed E-state index contributed by atoms with van der Waals surface area (Å²) in [6.07, 6.45) is 1.10. The number of para-hydroxylation sites is 2. The van der Waals surface area contributed by atoms with Crippen molar-refractivity contribution >= 4 is 96.2 Å². The summed E-state index contributed by atoms with van der Waals surface area (Å²) in [5, 5.41) is 2.23. The number of aryl methyl sites for hydroxylation is 2. The number of benzene rings is 9. The molecule has 410 valence electrons. The van der Waals surface area contributed by atoms with Crippen LogP contribution in [-0.2, 0) is 32.5 Å². The van der Waals surface area contributed by atoms with Crippen molar-refractivity contribution < 1.29 is 4.42 Å². The lowest BCUT2D eigenvalue weighted by Gasteiger charge is -2.48. The fraction of sp³-hybridized carbons (Fsp3) is 0.299. The summed E-state index contributed by atoms with van der Waals surface area (Å²) in [5.74, 6) is 0. The maximum absolute atomic E-state index is 7.05. The van der Waals surface area contributed by atoms with Crippen molar-refractivity contribution in [2.24, 2.45) is 0 Å². The second-order valence-corrected chi connectivity index (χ2v) is 29.1. The van der Waals surface area contributed by atoms with Gasteiger partial charge >= 0.3 is 0 Å². The van der Waals surface area contributed by atoms with E-state index in [-0.39, 0.29) is 39.2 Å². The van der Waals surface area contributed by atoms with Gasteiger partial charge in [-0.3, -0.25) is 0 Å². The second kappa shape index (κ2) is 17.4. The van der Waals surface area contributed by atoms with Gasteiger partial charge in [0.2, 0.25) is 0 Å². The third kappa shape index (κ3) is 7.63. The fourth-order valence-corrected chi connectivity index (χ4v) is 15.7. The molecule has 9 aromatic carbocycles. The van der Waals surface area contributed by atoms with Gasteiger partial charge in [-0.15, -0.1) is 0 Å². The molecule has 0 saturated carbocycles. The molecular weight excluding hydrogens is 994 g/mol. The third-order valence-corrected chi connectivity index (χ3v) is 19.7. The molecule has 0 bridgehead atoms. The van der Waals surface area contributed by atoms with Crippen molar-refractivity contribution in [3.05, 3.63) is 225 Å². The van der Waals surface area contributed by atoms with Crippen LogP contribution in [0.25, 0.3) is 21.9 Å². The molecule has 0 unspecified atom stereocenters. The topological polar surface area (TPSA) is 22.9 Å². The van der Waals surface area contributed by atoms with Gasteiger partial charge in [0.15, 0.2) is 5.58 Å². The van der Waals surface area contributed by atoms with Crippen LogP contribution in [-0.4, -0.2) is 6.71 Å². The van der Waals surface area contributed by atoms with Crippen molar-refractivity contribution in [3.63, 3.8) is 0 Å². The molecule has 0 saturated heterocycles. The summed E-state index contributed by atoms with van der Waals surface area (Å²) in [4.78, 5) is 7.74. The van der Waals surface area contributed by atoms with E-state index in [2.05, 4.69) is 295 Å². The molecule has 0 fully saturated rings. The van der Waals surface area contributed by atoms with Crippen LogP contribution in [0.2, 0.25) is 0 Å². The standard InChI is InChI=1S/C77H78BN3O/c1-46-38-67-70-68(39-46)81(65-43-58-57(40-47(65)2)74(9,10)45-75(58,11)12)66-44-60-59(76(13,14)55-24-18-19-25-56(55)77(60,15)16)42-62(66)78(70)61-41-52(36-37-63(61)80(67)64-26-21-23-54-53-22-17-20-27-69(53)82-71(54)64)79(50-32-28-48(29-33-50)72(3,4)5)51-34-30-49(31-35-51)73(6,7)8/h17-44H,45H2,1-16H3. The van der Waals surface area contributed by atoms with Crippen molar-refractivity contribution in [1.82, 2.24) is 0 Å². The molecule has 2 aliphatic heterocycles. The average molecular weight is 1070 g/mol. The number of furan rings is 1. The molecule has 5 heteroatoms. The van der Waals surface area contributed by atoms with Gasteiger partial charge in [0, 0.05) is 67.1 Å². The lowest BCUT2D eigenvalue weighted by atomic mass is 9.33. The molecule has 10 aromatic rings. The Hall–Kier alpha value is -7.76. The van der Waals surface area contributed by atoms with E-state index in [1.807, 2.05) is 0 Å². The molecule has 0 N–H and O–H groups in total. The van der Waals surface area contributed by atoms with Crippen molar-refractivity contribution in [2.45, 2.75) is 150 Å². The van der Waals surface area contributed by atoms with Gasteiger partial charge < -0.3 is 19.1 Å². The van der Waals surface area contributed by atoms with Gasteiger partial charge in [0.25, 0.3) is 6.71 Å². The van der Waals surface area contributed by atoms with E-state index in [1.54, 1.807) is 0 Å². The lowest BCUT2D eigenvalue weighted by molar-refractivity contribution is 0.403. The van der Waals surface area contributed by atoms with E-state index >= 15 is 0 Å². The second-order valence-electron chi connectivity index (χ2n) is 29.1. The lowest BCUT2D eigenvalue weighted by Crippen LogP contribution is -2.62. The molecule has 0 amide bonds. The normalized spacial score (nSPS) is 16.8. The SMILES string of the molecule is Cc1cc2c3c(c1)N(c1cccc4c1oc1ccccc14)c1ccc(N(c4ccc(C(C)(C)C)cc4)c4ccc(C(C)(C)C)cc4)cc1B3c1cc3c(cc1N2c1cc2c(cc1C)C(C)(C)CC2(C)C)C(C)(C)c1ccccc1C3(C)C. The third-order valence-electron chi connectivity index (χ3n) is 19.7. The summed E-state index contributed by atoms with van der Waals surface area (Å²) in [6, 6.07) is 65.8. The van der Waals surface area contributed by atoms with E-state index in [0.717, 1.165) is 56.8 Å². The molecule has 4 aliphatic rings. The van der Waals surface area contributed by atoms with Gasteiger partial charge in [-0.05, 0) is 193 Å². The number of nitrogens with zero attached hydrogens (tertiary/aromatic N) is 3. The first-order valence-corrected chi connectivity index (χ1v) is 30.0. The molecule has 2 aliphatic carbocycles. The monoisotopic (exact) mass is 1070 g/mol. The number of rotatable bonds is 5. The Morgan fingerprint density at radius 3 is 1.52 bits per heavy atom. The molecule has 14 rings (SSSR count). The van der Waals surface area contributed by atoms with Crippen molar-refractivity contribution in [2.75, 3.05) is 14.7 Å². The Morgan fingerprint density at radius 2 is 0.927 bits per heavy atom. The quantitative estimate of drug-likeness (QED) is 0.160. The van der Waals surface area contributed by atoms with Crippen LogP contribution in [0.15, 0.2) is 174 Å². The smallest absolute Gasteiger partial charge is 0.252 e. The molecule has 0 spiro atoms. The Balaban J connectivity index is 1.10. The average Bonchev–Trinajstić information content (AvgIpc) is 1.00. The maximum Gasteiger partial charge on any atom is 0.252 e. The minimum atomic E-state index is -0.270. The van der Waals surface area contributed by atoms with Crippen molar-refractivity contribution in [3.8, 4) is 0 Å². The van der Waals surface area contributed by atoms with Gasteiger partial charge in [-0.25, -0.2) is 0 Å². The predicted octanol–water partition coefficient (Wildman–Crippen LogP) is 19.3. The first-order valence-electron chi connectivity index (χ1n) is 30.0. The van der Waals surface area contributed by atoms with Crippen LogP contribution in [0.4, 0.5) is 51.2 Å². The van der Waals surface area contributed by atoms with E-state index in [1.165, 1.54) is 94.8 Å². The zero-order chi connectivity index (χ0) is 57.5. The zero-order valence-corrected chi connectivity index (χ0v) is 51.2. The highest BCUT2D eigenvalue weighted by Crippen LogP contribution is 2.56. The van der Waals surface area contributed by atoms with Gasteiger partial charge in [-0.2, -0.15) is 0 Å². The van der Waals surface area contributed by atoms with Crippen LogP contribution in [0, 0.1) is 13.8 Å². The molecule has 0 atom stereocenters. The van der Waals surface area contributed by atoms with Crippen LogP contribution < -0.4 is 31.1 Å². The number of fused-ring (bicyclic) bond motifs is 10. The van der Waals surface area contributed by atoms with E-state index < -0.39 is 0 Å². The number of anilines is 9. The minimum Gasteiger partial charge on any atom is -0.454 e. The van der Waals surface area contributed by atoms with Crippen LogP contribution >= 0.6 is 0 Å². The highest BCUT2D eigenvalue weighted by Gasteiger charge is 2.50. The molecule has 0 radical (unpaired) electrons. The van der Waals surface area contributed by atoms with Crippen molar-refractivity contribution in [1.29, 1.82) is 0 Å². The van der Waals surface area contributed by atoms with Gasteiger partial charge in [-0.1, -0.05) is 188 Å². The maximum atomic E-state index is 7.05. The number of hydrogen-bond acceptors (Lipinski definition) is 4. The summed E-state index contributed by atoms with van der Waals surface area (Å²) in [5.41, 5.74) is 29.3. The fourth-order valence-electron chi connectivity index (χ4n) is 15.7. The predicted molar refractivity (Wildman–Crippen MR) is 351 cm³/mol. The zero-order valence-electron chi connectivity index (χ0n) is 51.2. The molecule has 1 aromatic heterocycles. The molecule has 4 nitrogen and oxygen atoms in total. The highest BCUT2D eigenvalue weighted by molar-refractivity contribution is 7.00. The largest absolute Gasteiger partial charge is 0.454 e.